The average molecular weight is 492 g/mol. The highest BCUT2D eigenvalue weighted by Crippen LogP contribution is 2.44. The van der Waals surface area contributed by atoms with Gasteiger partial charge in [-0.3, -0.25) is 9.48 Å². The molecule has 0 atom stereocenters. The normalized spacial score (nSPS) is 19.9. The van der Waals surface area contributed by atoms with Crippen molar-refractivity contribution in [2.75, 3.05) is 18.5 Å². The second-order valence-corrected chi connectivity index (χ2v) is 11.2. The Kier molecular flexibility index (Phi) is 5.80. The summed E-state index contributed by atoms with van der Waals surface area (Å²) >= 11 is 0. The number of aromatic nitrogens is 7. The van der Waals surface area contributed by atoms with E-state index in [1.165, 1.54) is 0 Å². The number of nitrogens with one attached hydrogen (secondary N) is 1. The zero-order chi connectivity index (χ0) is 25.7. The van der Waals surface area contributed by atoms with Crippen molar-refractivity contribution in [2.45, 2.75) is 58.4 Å². The maximum absolute atomic E-state index is 12.6. The van der Waals surface area contributed by atoms with Crippen LogP contribution in [0.1, 0.15) is 63.5 Å². The molecule has 1 aliphatic rings. The first-order valence-electron chi connectivity index (χ1n) is 12.2. The van der Waals surface area contributed by atoms with Crippen LogP contribution in [0, 0.1) is 5.41 Å². The molecule has 0 saturated heterocycles. The van der Waals surface area contributed by atoms with Crippen LogP contribution in [0.5, 0.6) is 0 Å². The van der Waals surface area contributed by atoms with Crippen LogP contribution >= 0.6 is 0 Å². The summed E-state index contributed by atoms with van der Waals surface area (Å²) in [5.41, 5.74) is 2.59. The van der Waals surface area contributed by atoms with Gasteiger partial charge >= 0.3 is 0 Å². The second-order valence-electron chi connectivity index (χ2n) is 11.2. The maximum atomic E-state index is 12.6. The van der Waals surface area contributed by atoms with Crippen LogP contribution in [0.15, 0.2) is 35.4 Å². The molecule has 0 bridgehead atoms. The first-order valence-corrected chi connectivity index (χ1v) is 12.2. The molecule has 1 fully saturated rings. The van der Waals surface area contributed by atoms with Crippen molar-refractivity contribution in [1.82, 2.24) is 39.8 Å². The lowest BCUT2D eigenvalue weighted by Gasteiger charge is -2.46. The van der Waals surface area contributed by atoms with Gasteiger partial charge in [-0.1, -0.05) is 32.9 Å². The molecule has 11 nitrogen and oxygen atoms in total. The molecule has 1 aliphatic carbocycles. The van der Waals surface area contributed by atoms with E-state index < -0.39 is 0 Å². The standard InChI is InChI=1S/C25H33N9O2/c1-24(2,3)23-30-20(31-36-23)22(35)28-17-11-25(4,12-17)8-10-32(5)21-19-7-9-26-34(19)15-18(29-21)16-13-27-33(6)14-16/h7,9,13-15,17H,8,10-12H2,1-6H3,(H,28,35)/t17-,25+. The molecule has 4 heterocycles. The van der Waals surface area contributed by atoms with Crippen LogP contribution in [0.2, 0.25) is 0 Å². The van der Waals surface area contributed by atoms with E-state index in [0.717, 1.165) is 48.4 Å². The van der Waals surface area contributed by atoms with Gasteiger partial charge in [-0.25, -0.2) is 9.50 Å². The zero-order valence-corrected chi connectivity index (χ0v) is 21.7. The summed E-state index contributed by atoms with van der Waals surface area (Å²) in [4.78, 5) is 24.0. The molecule has 1 saturated carbocycles. The van der Waals surface area contributed by atoms with Gasteiger partial charge in [-0.2, -0.15) is 15.2 Å². The quantitative estimate of drug-likeness (QED) is 0.418. The fourth-order valence-corrected chi connectivity index (χ4v) is 4.73. The van der Waals surface area contributed by atoms with Gasteiger partial charge in [0.1, 0.15) is 5.52 Å². The van der Waals surface area contributed by atoms with Gasteiger partial charge < -0.3 is 14.7 Å². The molecule has 5 rings (SSSR count). The van der Waals surface area contributed by atoms with Gasteiger partial charge in [-0.15, -0.1) is 0 Å². The van der Waals surface area contributed by atoms with Gasteiger partial charge in [0.2, 0.25) is 5.89 Å². The van der Waals surface area contributed by atoms with E-state index in [1.807, 2.05) is 57.0 Å². The Bertz CT molecular complexity index is 1390. The van der Waals surface area contributed by atoms with E-state index in [4.69, 9.17) is 9.51 Å². The molecule has 0 spiro atoms. The fraction of sp³-hybridized carbons (Fsp3) is 0.520. The number of hydrogen-bond donors (Lipinski definition) is 1. The Hall–Kier alpha value is -3.76. The van der Waals surface area contributed by atoms with Crippen molar-refractivity contribution < 1.29 is 9.32 Å². The Balaban J connectivity index is 1.20. The van der Waals surface area contributed by atoms with Gasteiger partial charge in [0.15, 0.2) is 5.82 Å². The molecular formula is C25H33N9O2. The van der Waals surface area contributed by atoms with Gasteiger partial charge in [0, 0.05) is 43.9 Å². The van der Waals surface area contributed by atoms with Crippen LogP contribution in [0.4, 0.5) is 5.82 Å². The van der Waals surface area contributed by atoms with Crippen molar-refractivity contribution in [3.8, 4) is 11.3 Å². The van der Waals surface area contributed by atoms with E-state index in [1.54, 1.807) is 10.9 Å². The summed E-state index contributed by atoms with van der Waals surface area (Å²) in [6.45, 7) is 9.02. The summed E-state index contributed by atoms with van der Waals surface area (Å²) in [6, 6.07) is 2.09. The first-order chi connectivity index (χ1) is 17.0. The van der Waals surface area contributed by atoms with Crippen LogP contribution in [-0.4, -0.2) is 60.1 Å². The molecule has 1 amide bonds. The van der Waals surface area contributed by atoms with Crippen molar-refractivity contribution in [1.29, 1.82) is 0 Å². The number of carbonyl (C=O) groups is 1. The lowest BCUT2D eigenvalue weighted by atomic mass is 9.65. The molecule has 0 unspecified atom stereocenters. The molecule has 1 N–H and O–H groups in total. The smallest absolute Gasteiger partial charge is 0.292 e. The van der Waals surface area contributed by atoms with E-state index in [2.05, 4.69) is 44.5 Å². The zero-order valence-electron chi connectivity index (χ0n) is 21.7. The number of carbonyl (C=O) groups excluding carboxylic acids is 1. The van der Waals surface area contributed by atoms with E-state index in [9.17, 15) is 4.79 Å². The summed E-state index contributed by atoms with van der Waals surface area (Å²) in [5.74, 6) is 1.16. The van der Waals surface area contributed by atoms with E-state index >= 15 is 0 Å². The van der Waals surface area contributed by atoms with Crippen LogP contribution < -0.4 is 10.2 Å². The summed E-state index contributed by atoms with van der Waals surface area (Å²) in [7, 11) is 3.95. The van der Waals surface area contributed by atoms with Crippen molar-refractivity contribution in [3.05, 3.63) is 42.6 Å². The monoisotopic (exact) mass is 491 g/mol. The fourth-order valence-electron chi connectivity index (χ4n) is 4.73. The predicted molar refractivity (Wildman–Crippen MR) is 135 cm³/mol. The summed E-state index contributed by atoms with van der Waals surface area (Å²) in [5, 5.41) is 15.6. The number of nitrogens with zero attached hydrogens (tertiary/aromatic N) is 8. The minimum atomic E-state index is -0.290. The van der Waals surface area contributed by atoms with Crippen molar-refractivity contribution >= 4 is 17.2 Å². The minimum Gasteiger partial charge on any atom is -0.358 e. The molecule has 190 valence electrons. The lowest BCUT2D eigenvalue weighted by molar-refractivity contribution is 0.0708. The van der Waals surface area contributed by atoms with Crippen LogP contribution in [-0.2, 0) is 12.5 Å². The van der Waals surface area contributed by atoms with E-state index in [-0.39, 0.29) is 28.6 Å². The minimum absolute atomic E-state index is 0.0951. The SMILES string of the molecule is CN(CC[C@]1(C)C[C@H](NC(=O)c2noc(C(C)(C)C)n2)C1)c1nc(-c2cnn(C)c2)cn2nccc12. The van der Waals surface area contributed by atoms with Crippen molar-refractivity contribution in [2.24, 2.45) is 12.5 Å². The predicted octanol–water partition coefficient (Wildman–Crippen LogP) is 3.24. The topological polar surface area (TPSA) is 119 Å². The van der Waals surface area contributed by atoms with Gasteiger partial charge in [0.05, 0.1) is 24.3 Å². The third kappa shape index (κ3) is 4.69. The van der Waals surface area contributed by atoms with Gasteiger partial charge in [-0.05, 0) is 30.7 Å². The lowest BCUT2D eigenvalue weighted by Crippen LogP contribution is -2.50. The Morgan fingerprint density at radius 2 is 2.03 bits per heavy atom. The number of fused-ring (bicyclic) bond motifs is 1. The number of rotatable bonds is 7. The Morgan fingerprint density at radius 1 is 1.25 bits per heavy atom. The molecule has 0 aromatic carbocycles. The maximum Gasteiger partial charge on any atom is 0.292 e. The summed E-state index contributed by atoms with van der Waals surface area (Å²) in [6.07, 6.45) is 10.3. The average Bonchev–Trinajstić information content (AvgIpc) is 3.55. The molecule has 4 aromatic rings. The van der Waals surface area contributed by atoms with Gasteiger partial charge in [0.25, 0.3) is 11.7 Å². The molecule has 11 heteroatoms. The highest BCUT2D eigenvalue weighted by atomic mass is 16.5. The number of anilines is 1. The Morgan fingerprint density at radius 3 is 2.69 bits per heavy atom. The third-order valence-corrected chi connectivity index (χ3v) is 6.87. The molecule has 36 heavy (non-hydrogen) atoms. The van der Waals surface area contributed by atoms with Crippen molar-refractivity contribution in [3.63, 3.8) is 0 Å². The second kappa shape index (κ2) is 8.72. The van der Waals surface area contributed by atoms with Crippen LogP contribution in [0.3, 0.4) is 0 Å². The highest BCUT2D eigenvalue weighted by molar-refractivity contribution is 5.90. The largest absolute Gasteiger partial charge is 0.358 e. The third-order valence-electron chi connectivity index (χ3n) is 6.87. The first kappa shape index (κ1) is 24.0. The molecule has 4 aromatic heterocycles. The van der Waals surface area contributed by atoms with E-state index in [0.29, 0.717) is 5.89 Å². The Labute approximate surface area is 209 Å². The number of hydrogen-bond acceptors (Lipinski definition) is 8. The molecular weight excluding hydrogens is 458 g/mol. The number of aryl methyl sites for hydroxylation is 1. The molecule has 0 radical (unpaired) electrons. The highest BCUT2D eigenvalue weighted by Gasteiger charge is 2.41. The summed E-state index contributed by atoms with van der Waals surface area (Å²) < 4.78 is 8.88. The molecule has 0 aliphatic heterocycles. The van der Waals surface area contributed by atoms with Crippen LogP contribution in [0.25, 0.3) is 16.8 Å². The number of amides is 1.